The molecule has 37 heavy (non-hydrogen) atoms. The lowest BCUT2D eigenvalue weighted by Gasteiger charge is -2.09. The maximum atomic E-state index is 3.38. The molecule has 0 saturated heterocycles. The Kier molecular flexibility index (Phi) is 6.42. The van der Waals surface area contributed by atoms with Crippen LogP contribution < -0.4 is 5.30 Å². The van der Waals surface area contributed by atoms with E-state index in [0.29, 0.717) is 0 Å². The van der Waals surface area contributed by atoms with E-state index in [-0.39, 0.29) is 0 Å². The molecule has 1 aliphatic rings. The number of hydrogen-bond acceptors (Lipinski definition) is 2. The molecule has 5 aromatic rings. The zero-order valence-corrected chi connectivity index (χ0v) is 23.4. The summed E-state index contributed by atoms with van der Waals surface area (Å²) < 4.78 is 0. The number of thiophene rings is 2. The SMILES string of the molecule is Cc1cc(C)c(P=C2c3ccc(C#Cc4cccs4)cc3-c3cc(C#Cc4cccs4)ccc32)c(C)c1. The fourth-order valence-electron chi connectivity index (χ4n) is 4.80. The number of benzene rings is 3. The van der Waals surface area contributed by atoms with E-state index in [0.717, 1.165) is 20.9 Å². The van der Waals surface area contributed by atoms with Gasteiger partial charge in [0, 0.05) is 21.7 Å². The van der Waals surface area contributed by atoms with Crippen molar-refractivity contribution in [2.75, 3.05) is 0 Å². The molecule has 0 bridgehead atoms. The van der Waals surface area contributed by atoms with Crippen molar-refractivity contribution >= 4 is 41.5 Å². The highest BCUT2D eigenvalue weighted by molar-refractivity contribution is 7.50. The van der Waals surface area contributed by atoms with E-state index in [1.807, 2.05) is 12.1 Å². The standard InChI is InChI=1S/C34H23PS2/c1-22-18-23(2)33(24(3)19-22)35-34-29-14-10-25(8-12-27-6-4-16-36-27)20-31(29)32-21-26(11-15-30(32)34)9-13-28-7-5-17-37-28/h4-7,10-11,14-21H,1-3H3. The van der Waals surface area contributed by atoms with Crippen LogP contribution in [0.15, 0.2) is 83.6 Å². The second kappa shape index (κ2) is 10.0. The monoisotopic (exact) mass is 526 g/mol. The predicted molar refractivity (Wildman–Crippen MR) is 163 cm³/mol. The van der Waals surface area contributed by atoms with Gasteiger partial charge in [0.05, 0.1) is 9.75 Å². The van der Waals surface area contributed by atoms with E-state index in [1.54, 1.807) is 22.7 Å². The van der Waals surface area contributed by atoms with Gasteiger partial charge in [0.25, 0.3) is 0 Å². The molecule has 0 saturated carbocycles. The summed E-state index contributed by atoms with van der Waals surface area (Å²) in [6.45, 7) is 6.63. The predicted octanol–water partition coefficient (Wildman–Crippen LogP) is 8.36. The summed E-state index contributed by atoms with van der Waals surface area (Å²) in [6.07, 6.45) is 0. The Hall–Kier alpha value is -3.65. The van der Waals surface area contributed by atoms with Gasteiger partial charge in [0.1, 0.15) is 0 Å². The summed E-state index contributed by atoms with van der Waals surface area (Å²) in [4.78, 5) is 2.17. The first-order valence-corrected chi connectivity index (χ1v) is 14.8. The van der Waals surface area contributed by atoms with Gasteiger partial charge in [0.15, 0.2) is 0 Å². The smallest absolute Gasteiger partial charge is 0.0772 e. The molecule has 2 aromatic heterocycles. The average molecular weight is 527 g/mol. The molecule has 0 atom stereocenters. The number of fused-ring (bicyclic) bond motifs is 3. The molecule has 2 heterocycles. The van der Waals surface area contributed by atoms with Crippen molar-refractivity contribution in [1.82, 2.24) is 0 Å². The lowest BCUT2D eigenvalue weighted by Crippen LogP contribution is -2.07. The zero-order valence-electron chi connectivity index (χ0n) is 20.8. The first kappa shape index (κ1) is 23.7. The third-order valence-electron chi connectivity index (χ3n) is 6.40. The second-order valence-electron chi connectivity index (χ2n) is 9.18. The van der Waals surface area contributed by atoms with Crippen LogP contribution in [-0.2, 0) is 0 Å². The molecule has 0 radical (unpaired) electrons. The third kappa shape index (κ3) is 4.85. The van der Waals surface area contributed by atoms with Gasteiger partial charge >= 0.3 is 0 Å². The van der Waals surface area contributed by atoms with Crippen molar-refractivity contribution in [3.63, 3.8) is 0 Å². The van der Waals surface area contributed by atoms with Gasteiger partial charge in [-0.1, -0.05) is 73.8 Å². The minimum absolute atomic E-state index is 1.04. The van der Waals surface area contributed by atoms with Gasteiger partial charge in [0.2, 0.25) is 0 Å². The topological polar surface area (TPSA) is 0 Å². The fourth-order valence-corrected chi connectivity index (χ4v) is 7.27. The van der Waals surface area contributed by atoms with E-state index in [1.165, 1.54) is 57.7 Å². The minimum atomic E-state index is 1.04. The van der Waals surface area contributed by atoms with Crippen LogP contribution in [-0.4, -0.2) is 5.29 Å². The molecular weight excluding hydrogens is 503 g/mol. The Labute approximate surface area is 228 Å². The number of aryl methyl sites for hydroxylation is 3. The summed E-state index contributed by atoms with van der Waals surface area (Å²) in [6, 6.07) is 26.1. The van der Waals surface area contributed by atoms with Gasteiger partial charge in [-0.05, 0) is 101 Å². The Balaban J connectivity index is 1.51. The summed E-state index contributed by atoms with van der Waals surface area (Å²) in [5.74, 6) is 13.4. The molecule has 176 valence electrons. The van der Waals surface area contributed by atoms with Crippen molar-refractivity contribution in [2.24, 2.45) is 0 Å². The van der Waals surface area contributed by atoms with Crippen LogP contribution in [0, 0.1) is 44.5 Å². The maximum Gasteiger partial charge on any atom is 0.0772 e. The lowest BCUT2D eigenvalue weighted by molar-refractivity contribution is 1.36. The molecule has 1 aliphatic carbocycles. The molecule has 0 N–H and O–H groups in total. The van der Waals surface area contributed by atoms with Crippen LogP contribution in [0.3, 0.4) is 0 Å². The van der Waals surface area contributed by atoms with Gasteiger partial charge in [-0.15, -0.1) is 22.7 Å². The lowest BCUT2D eigenvalue weighted by atomic mass is 10.0. The molecule has 0 unspecified atom stereocenters. The van der Waals surface area contributed by atoms with Crippen molar-refractivity contribution < 1.29 is 0 Å². The normalized spacial score (nSPS) is 11.4. The first-order valence-electron chi connectivity index (χ1n) is 12.1. The quantitative estimate of drug-likeness (QED) is 0.149. The van der Waals surface area contributed by atoms with E-state index in [4.69, 9.17) is 0 Å². The van der Waals surface area contributed by atoms with Gasteiger partial charge in [-0.3, -0.25) is 0 Å². The molecule has 6 rings (SSSR count). The van der Waals surface area contributed by atoms with Crippen LogP contribution >= 0.6 is 30.9 Å². The molecule has 3 heteroatoms. The molecule has 3 aromatic carbocycles. The number of hydrogen-bond donors (Lipinski definition) is 0. The molecule has 0 fully saturated rings. The average Bonchev–Trinajstić information content (AvgIpc) is 3.65. The van der Waals surface area contributed by atoms with Crippen LogP contribution in [0.4, 0.5) is 0 Å². The molecule has 0 amide bonds. The Bertz CT molecular complexity index is 1670. The van der Waals surface area contributed by atoms with Crippen LogP contribution in [0.2, 0.25) is 0 Å². The number of rotatable bonds is 1. The van der Waals surface area contributed by atoms with Crippen molar-refractivity contribution in [1.29, 1.82) is 0 Å². The molecule has 0 nitrogen and oxygen atoms in total. The Morgan fingerprint density at radius 2 is 1.08 bits per heavy atom. The first-order chi connectivity index (χ1) is 18.0. The largest absolute Gasteiger partial charge is 0.135 e. The van der Waals surface area contributed by atoms with Crippen LogP contribution in [0.5, 0.6) is 0 Å². The highest BCUT2D eigenvalue weighted by Crippen LogP contribution is 2.40. The molecule has 0 aliphatic heterocycles. The van der Waals surface area contributed by atoms with Gasteiger partial charge in [-0.25, -0.2) is 0 Å². The highest BCUT2D eigenvalue weighted by atomic mass is 32.1. The van der Waals surface area contributed by atoms with Crippen molar-refractivity contribution in [2.45, 2.75) is 20.8 Å². The summed E-state index contributed by atoms with van der Waals surface area (Å²) in [5, 5.41) is 6.88. The molecular formula is C34H23PS2. The second-order valence-corrected chi connectivity index (χ2v) is 12.2. The minimum Gasteiger partial charge on any atom is -0.135 e. The van der Waals surface area contributed by atoms with Gasteiger partial charge in [-0.2, -0.15) is 0 Å². The molecule has 0 spiro atoms. The van der Waals surface area contributed by atoms with Gasteiger partial charge < -0.3 is 0 Å². The zero-order chi connectivity index (χ0) is 25.4. The van der Waals surface area contributed by atoms with E-state index in [2.05, 4.69) is 116 Å². The van der Waals surface area contributed by atoms with Crippen molar-refractivity contribution in [3.8, 4) is 34.8 Å². The highest BCUT2D eigenvalue weighted by Gasteiger charge is 2.25. The van der Waals surface area contributed by atoms with Crippen molar-refractivity contribution in [3.05, 3.63) is 132 Å². The Morgan fingerprint density at radius 3 is 1.54 bits per heavy atom. The summed E-state index contributed by atoms with van der Waals surface area (Å²) >= 11 is 3.35. The van der Waals surface area contributed by atoms with E-state index in [9.17, 15) is 0 Å². The van der Waals surface area contributed by atoms with Crippen LogP contribution in [0.25, 0.3) is 11.1 Å². The Morgan fingerprint density at radius 1 is 0.568 bits per heavy atom. The third-order valence-corrected chi connectivity index (χ3v) is 9.61. The fraction of sp³-hybridized carbons (Fsp3) is 0.0882. The van der Waals surface area contributed by atoms with E-state index >= 15 is 0 Å². The van der Waals surface area contributed by atoms with E-state index < -0.39 is 0 Å². The van der Waals surface area contributed by atoms with Crippen LogP contribution in [0.1, 0.15) is 48.7 Å². The summed E-state index contributed by atoms with van der Waals surface area (Å²) in [5.41, 5.74) is 11.2. The summed E-state index contributed by atoms with van der Waals surface area (Å²) in [7, 11) is 1.24. The maximum absolute atomic E-state index is 3.38.